The summed E-state index contributed by atoms with van der Waals surface area (Å²) < 4.78 is 12.8. The fraction of sp³-hybridized carbons (Fsp3) is 0.447. The smallest absolute Gasteiger partial charge is 0.317 e. The Balaban J connectivity index is 1.21. The maximum Gasteiger partial charge on any atom is 0.317 e. The number of carbonyl (C=O) groups is 1. The topological polar surface area (TPSA) is 82.5 Å². The molecule has 6 rings (SSSR count). The number of aliphatic carboxylic acids is 1. The number of likely N-dealkylation sites (tertiary alicyclic amines) is 1. The molecule has 3 aromatic carbocycles. The molecule has 7 heteroatoms. The molecule has 2 fully saturated rings. The number of carboxylic acid groups (broad SMARTS) is 1. The van der Waals surface area contributed by atoms with Crippen molar-refractivity contribution in [1.29, 1.82) is 0 Å². The van der Waals surface area contributed by atoms with Crippen molar-refractivity contribution in [2.24, 2.45) is 0 Å². The third kappa shape index (κ3) is 6.90. The largest absolute Gasteiger partial charge is 0.507 e. The molecule has 3 aromatic rings. The van der Waals surface area contributed by atoms with Gasteiger partial charge in [-0.15, -0.1) is 0 Å². The number of rotatable bonds is 13. The Morgan fingerprint density at radius 1 is 0.978 bits per heavy atom. The molecule has 3 aliphatic rings. The zero-order chi connectivity index (χ0) is 31.3. The summed E-state index contributed by atoms with van der Waals surface area (Å²) >= 11 is 0. The molecule has 2 aliphatic heterocycles. The molecule has 0 unspecified atom stereocenters. The number of benzene rings is 3. The molecule has 1 saturated carbocycles. The van der Waals surface area contributed by atoms with E-state index in [1.54, 1.807) is 6.07 Å². The maximum absolute atomic E-state index is 11.3. The predicted molar refractivity (Wildman–Crippen MR) is 178 cm³/mol. The molecule has 2 heterocycles. The number of hydrogen-bond donors (Lipinski definition) is 2. The van der Waals surface area contributed by atoms with E-state index in [4.69, 9.17) is 9.47 Å². The minimum atomic E-state index is -0.845. The Morgan fingerprint density at radius 2 is 1.76 bits per heavy atom. The van der Waals surface area contributed by atoms with Crippen LogP contribution in [0.4, 0.5) is 0 Å². The normalized spacial score (nSPS) is 17.1. The van der Waals surface area contributed by atoms with Gasteiger partial charge in [-0.3, -0.25) is 9.69 Å². The molecule has 0 amide bonds. The first kappa shape index (κ1) is 31.2. The first-order chi connectivity index (χ1) is 21.9. The number of ether oxygens (including phenoxy) is 2. The predicted octanol–water partition coefficient (Wildman–Crippen LogP) is 7.16. The zero-order valence-electron chi connectivity index (χ0n) is 26.5. The van der Waals surface area contributed by atoms with Crippen LogP contribution in [-0.2, 0) is 24.4 Å². The van der Waals surface area contributed by atoms with Gasteiger partial charge in [0, 0.05) is 42.4 Å². The van der Waals surface area contributed by atoms with Gasteiger partial charge >= 0.3 is 5.97 Å². The third-order valence-corrected chi connectivity index (χ3v) is 9.93. The highest BCUT2D eigenvalue weighted by molar-refractivity contribution is 5.80. The third-order valence-electron chi connectivity index (χ3n) is 9.93. The second-order valence-corrected chi connectivity index (χ2v) is 12.8. The van der Waals surface area contributed by atoms with E-state index in [0.29, 0.717) is 38.6 Å². The first-order valence-corrected chi connectivity index (χ1v) is 16.6. The Kier molecular flexibility index (Phi) is 9.76. The van der Waals surface area contributed by atoms with Gasteiger partial charge in [-0.2, -0.15) is 0 Å². The van der Waals surface area contributed by atoms with E-state index in [1.807, 2.05) is 17.0 Å². The van der Waals surface area contributed by atoms with Crippen LogP contribution in [0.3, 0.4) is 0 Å². The number of aromatic hydroxyl groups is 1. The summed E-state index contributed by atoms with van der Waals surface area (Å²) in [5.41, 5.74) is 8.66. The van der Waals surface area contributed by atoms with Gasteiger partial charge in [0.2, 0.25) is 0 Å². The fourth-order valence-corrected chi connectivity index (χ4v) is 7.26. The summed E-state index contributed by atoms with van der Waals surface area (Å²) in [4.78, 5) is 15.7. The fourth-order valence-electron chi connectivity index (χ4n) is 7.26. The number of hydrogen-bond acceptors (Lipinski definition) is 6. The van der Waals surface area contributed by atoms with Crippen LogP contribution in [0, 0.1) is 6.92 Å². The monoisotopic (exact) mass is 610 g/mol. The van der Waals surface area contributed by atoms with Crippen molar-refractivity contribution >= 4 is 12.0 Å². The Hall–Kier alpha value is -3.81. The highest BCUT2D eigenvalue weighted by Crippen LogP contribution is 2.47. The van der Waals surface area contributed by atoms with E-state index >= 15 is 0 Å². The van der Waals surface area contributed by atoms with Gasteiger partial charge in [0.1, 0.15) is 23.9 Å². The average molecular weight is 611 g/mol. The first-order valence-electron chi connectivity index (χ1n) is 16.6. The molecule has 45 heavy (non-hydrogen) atoms. The van der Waals surface area contributed by atoms with Gasteiger partial charge in [0.05, 0.1) is 13.2 Å². The van der Waals surface area contributed by atoms with Crippen LogP contribution < -0.4 is 9.47 Å². The van der Waals surface area contributed by atoms with Crippen LogP contribution in [0.25, 0.3) is 17.2 Å². The van der Waals surface area contributed by atoms with E-state index in [-0.39, 0.29) is 12.3 Å². The number of phenols is 1. The number of carboxylic acids is 1. The molecule has 0 bridgehead atoms. The van der Waals surface area contributed by atoms with Crippen LogP contribution in [0.2, 0.25) is 0 Å². The van der Waals surface area contributed by atoms with Crippen molar-refractivity contribution in [1.82, 2.24) is 9.80 Å². The van der Waals surface area contributed by atoms with Crippen molar-refractivity contribution in [3.8, 4) is 28.4 Å². The lowest BCUT2D eigenvalue weighted by molar-refractivity contribution is -0.138. The summed E-state index contributed by atoms with van der Waals surface area (Å²) in [5.74, 6) is 1.38. The molecule has 0 atom stereocenters. The van der Waals surface area contributed by atoms with Crippen molar-refractivity contribution in [3.63, 3.8) is 0 Å². The van der Waals surface area contributed by atoms with E-state index < -0.39 is 5.97 Å². The summed E-state index contributed by atoms with van der Waals surface area (Å²) in [6.07, 6.45) is 9.65. The van der Waals surface area contributed by atoms with Gasteiger partial charge in [-0.25, -0.2) is 0 Å². The molecule has 7 nitrogen and oxygen atoms in total. The van der Waals surface area contributed by atoms with Gasteiger partial charge in [-0.05, 0) is 98.3 Å². The number of phenolic OH excluding ortho intramolecular Hbond substituents is 1. The summed E-state index contributed by atoms with van der Waals surface area (Å²) in [6.45, 7) is 11.9. The van der Waals surface area contributed by atoms with Crippen LogP contribution in [0.1, 0.15) is 77.8 Å². The van der Waals surface area contributed by atoms with Crippen LogP contribution >= 0.6 is 0 Å². The van der Waals surface area contributed by atoms with Crippen molar-refractivity contribution in [3.05, 3.63) is 82.4 Å². The zero-order valence-corrected chi connectivity index (χ0v) is 26.5. The van der Waals surface area contributed by atoms with Crippen molar-refractivity contribution < 1.29 is 24.5 Å². The number of nitrogens with zero attached hydrogens (tertiary/aromatic N) is 2. The highest BCUT2D eigenvalue weighted by atomic mass is 16.5. The minimum Gasteiger partial charge on any atom is -0.507 e. The van der Waals surface area contributed by atoms with Crippen molar-refractivity contribution in [2.75, 3.05) is 39.3 Å². The Labute approximate surface area is 267 Å². The maximum atomic E-state index is 11.3. The van der Waals surface area contributed by atoms with Gasteiger partial charge in [0.15, 0.2) is 0 Å². The molecular weight excluding hydrogens is 564 g/mol. The van der Waals surface area contributed by atoms with E-state index in [2.05, 4.69) is 48.7 Å². The van der Waals surface area contributed by atoms with E-state index in [9.17, 15) is 15.0 Å². The van der Waals surface area contributed by atoms with Crippen LogP contribution in [0.15, 0.2) is 49.0 Å². The second kappa shape index (κ2) is 14.1. The highest BCUT2D eigenvalue weighted by Gasteiger charge is 2.32. The molecule has 0 aromatic heterocycles. The second-order valence-electron chi connectivity index (χ2n) is 12.8. The lowest BCUT2D eigenvalue weighted by Crippen LogP contribution is -2.35. The Morgan fingerprint density at radius 3 is 2.49 bits per heavy atom. The Bertz CT molecular complexity index is 1540. The molecule has 1 saturated heterocycles. The molecule has 238 valence electrons. The minimum absolute atomic E-state index is 0.0210. The molecule has 1 aliphatic carbocycles. The number of fused-ring (bicyclic) bond motifs is 1. The van der Waals surface area contributed by atoms with Crippen LogP contribution in [0.5, 0.6) is 17.2 Å². The van der Waals surface area contributed by atoms with Gasteiger partial charge in [-0.1, -0.05) is 49.4 Å². The summed E-state index contributed by atoms with van der Waals surface area (Å²) in [6, 6.07) is 14.3. The van der Waals surface area contributed by atoms with Crippen LogP contribution in [-0.4, -0.2) is 65.3 Å². The van der Waals surface area contributed by atoms with E-state index in [0.717, 1.165) is 76.3 Å². The molecule has 0 spiro atoms. The average Bonchev–Trinajstić information content (AvgIpc) is 3.53. The van der Waals surface area contributed by atoms with E-state index in [1.165, 1.54) is 37.9 Å². The molecule has 0 radical (unpaired) electrons. The summed E-state index contributed by atoms with van der Waals surface area (Å²) in [7, 11) is 0. The van der Waals surface area contributed by atoms with Gasteiger partial charge < -0.3 is 24.6 Å². The lowest BCUT2D eigenvalue weighted by Gasteiger charge is -2.35. The summed E-state index contributed by atoms with van der Waals surface area (Å²) in [5, 5.41) is 20.4. The SMILES string of the molecule is C=Cc1c(OCCCN2CCCC2)cccc1-c1cccc(COc2cc(O)c3c(c2C2CCC2)CCN(CC(=O)O)C3)c1C. The molecule has 2 N–H and O–H groups in total. The standard InChI is InChI=1S/C38H46N2O5/c1-3-29-31(14-8-15-35(29)44-21-9-19-39-17-4-5-18-39)30-13-7-12-28(26(30)2)25-45-36-22-34(41)33-23-40(24-37(42)43)20-16-32(33)38(36)27-10-6-11-27/h3,7-8,12-15,22,27,41H,1,4-6,9-11,16-21,23-25H2,2H3,(H,42,43). The quantitative estimate of drug-likeness (QED) is 0.199. The lowest BCUT2D eigenvalue weighted by atomic mass is 9.75. The van der Waals surface area contributed by atoms with Crippen molar-refractivity contribution in [2.45, 2.75) is 70.9 Å². The molecular formula is C38H46N2O5. The van der Waals surface area contributed by atoms with Gasteiger partial charge in [0.25, 0.3) is 0 Å².